The molecule has 0 aliphatic heterocycles. The van der Waals surface area contributed by atoms with E-state index in [0.717, 1.165) is 17.7 Å². The monoisotopic (exact) mass is 307 g/mol. The summed E-state index contributed by atoms with van der Waals surface area (Å²) in [7, 11) is 0. The summed E-state index contributed by atoms with van der Waals surface area (Å²) in [5.41, 5.74) is 1.99. The van der Waals surface area contributed by atoms with Crippen LogP contribution in [0.2, 0.25) is 5.02 Å². The Balaban J connectivity index is 2.15. The van der Waals surface area contributed by atoms with E-state index in [4.69, 9.17) is 16.3 Å². The summed E-state index contributed by atoms with van der Waals surface area (Å²) >= 11 is 6.21. The molecule has 0 aliphatic carbocycles. The van der Waals surface area contributed by atoms with E-state index in [1.165, 1.54) is 6.07 Å². The Hall–Kier alpha value is -1.58. The number of hydrogen-bond donors (Lipinski definition) is 1. The van der Waals surface area contributed by atoms with Crippen LogP contribution in [0, 0.1) is 12.7 Å². The van der Waals surface area contributed by atoms with Gasteiger partial charge in [0, 0.05) is 12.6 Å². The average molecular weight is 308 g/mol. The number of ether oxygens (including phenoxy) is 1. The summed E-state index contributed by atoms with van der Waals surface area (Å²) in [4.78, 5) is 0. The number of aryl methyl sites for hydroxylation is 1. The van der Waals surface area contributed by atoms with Crippen molar-refractivity contribution in [2.45, 2.75) is 33.4 Å². The van der Waals surface area contributed by atoms with Crippen LogP contribution < -0.4 is 10.1 Å². The molecule has 2 aromatic rings. The minimum atomic E-state index is -0.401. The molecule has 0 heterocycles. The van der Waals surface area contributed by atoms with Gasteiger partial charge in [0.15, 0.2) is 11.6 Å². The van der Waals surface area contributed by atoms with Crippen molar-refractivity contribution in [2.24, 2.45) is 0 Å². The van der Waals surface area contributed by atoms with Crippen molar-refractivity contribution in [3.8, 4) is 11.5 Å². The molecular weight excluding hydrogens is 289 g/mol. The van der Waals surface area contributed by atoms with Crippen molar-refractivity contribution in [1.29, 1.82) is 0 Å². The van der Waals surface area contributed by atoms with Gasteiger partial charge in [-0.2, -0.15) is 0 Å². The van der Waals surface area contributed by atoms with Gasteiger partial charge >= 0.3 is 0 Å². The molecule has 0 aliphatic rings. The molecule has 21 heavy (non-hydrogen) atoms. The highest BCUT2D eigenvalue weighted by Crippen LogP contribution is 2.32. The van der Waals surface area contributed by atoms with E-state index >= 15 is 0 Å². The molecule has 112 valence electrons. The minimum absolute atomic E-state index is 0.185. The summed E-state index contributed by atoms with van der Waals surface area (Å²) in [5.74, 6) is 0.238. The van der Waals surface area contributed by atoms with Crippen LogP contribution in [0.1, 0.15) is 25.0 Å². The Labute approximate surface area is 129 Å². The molecule has 1 N–H and O–H groups in total. The zero-order chi connectivity index (χ0) is 15.4. The first-order valence-electron chi connectivity index (χ1n) is 6.91. The van der Waals surface area contributed by atoms with E-state index in [0.29, 0.717) is 16.8 Å². The Kier molecular flexibility index (Phi) is 5.21. The number of benzene rings is 2. The summed E-state index contributed by atoms with van der Waals surface area (Å²) in [6.45, 7) is 6.78. The number of rotatable bonds is 5. The van der Waals surface area contributed by atoms with E-state index in [1.54, 1.807) is 18.2 Å². The van der Waals surface area contributed by atoms with Crippen molar-refractivity contribution in [2.75, 3.05) is 0 Å². The molecule has 0 saturated heterocycles. The van der Waals surface area contributed by atoms with Crippen LogP contribution in [0.25, 0.3) is 0 Å². The van der Waals surface area contributed by atoms with E-state index in [9.17, 15) is 4.39 Å². The largest absolute Gasteiger partial charge is 0.453 e. The summed E-state index contributed by atoms with van der Waals surface area (Å²) < 4.78 is 19.3. The van der Waals surface area contributed by atoms with Crippen LogP contribution >= 0.6 is 11.6 Å². The Morgan fingerprint density at radius 2 is 1.90 bits per heavy atom. The van der Waals surface area contributed by atoms with Crippen molar-refractivity contribution < 1.29 is 9.13 Å². The normalized spacial score (nSPS) is 11.0. The molecule has 0 bridgehead atoms. The Morgan fingerprint density at radius 1 is 1.14 bits per heavy atom. The summed E-state index contributed by atoms with van der Waals surface area (Å²) in [6, 6.07) is 10.7. The lowest BCUT2D eigenvalue weighted by Crippen LogP contribution is -2.21. The molecule has 2 rings (SSSR count). The molecule has 0 radical (unpaired) electrons. The predicted molar refractivity (Wildman–Crippen MR) is 84.6 cm³/mol. The molecule has 0 amide bonds. The first kappa shape index (κ1) is 15.8. The first-order valence-corrected chi connectivity index (χ1v) is 7.29. The standard InChI is InChI=1S/C17H19ClFNO/c1-11(2)20-10-13-5-7-16(14(18)9-13)21-17-8-12(3)4-6-15(17)19/h4-9,11,20H,10H2,1-3H3. The van der Waals surface area contributed by atoms with Crippen LogP contribution in [0.5, 0.6) is 11.5 Å². The molecule has 0 fully saturated rings. The van der Waals surface area contributed by atoms with E-state index < -0.39 is 5.82 Å². The molecule has 0 aromatic heterocycles. The SMILES string of the molecule is Cc1ccc(F)c(Oc2ccc(CNC(C)C)cc2Cl)c1. The van der Waals surface area contributed by atoms with Gasteiger partial charge in [0.05, 0.1) is 5.02 Å². The first-order chi connectivity index (χ1) is 9.95. The van der Waals surface area contributed by atoms with Gasteiger partial charge in [0.25, 0.3) is 0 Å². The molecule has 4 heteroatoms. The summed E-state index contributed by atoms with van der Waals surface area (Å²) in [6.07, 6.45) is 0. The minimum Gasteiger partial charge on any atom is -0.453 e. The van der Waals surface area contributed by atoms with E-state index in [1.807, 2.05) is 19.1 Å². The van der Waals surface area contributed by atoms with Gasteiger partial charge in [-0.25, -0.2) is 4.39 Å². The van der Waals surface area contributed by atoms with Gasteiger partial charge in [-0.1, -0.05) is 37.6 Å². The lowest BCUT2D eigenvalue weighted by molar-refractivity contribution is 0.442. The van der Waals surface area contributed by atoms with Gasteiger partial charge < -0.3 is 10.1 Å². The van der Waals surface area contributed by atoms with E-state index in [-0.39, 0.29) is 5.75 Å². The fraction of sp³-hybridized carbons (Fsp3) is 0.294. The highest BCUT2D eigenvalue weighted by Gasteiger charge is 2.09. The molecule has 0 saturated carbocycles. The topological polar surface area (TPSA) is 21.3 Å². The van der Waals surface area contributed by atoms with Crippen LogP contribution in [0.4, 0.5) is 4.39 Å². The molecule has 0 unspecified atom stereocenters. The van der Waals surface area contributed by atoms with Gasteiger partial charge in [0.2, 0.25) is 0 Å². The Bertz CT molecular complexity index is 628. The predicted octanol–water partition coefficient (Wildman–Crippen LogP) is 5.08. The second-order valence-corrected chi connectivity index (χ2v) is 5.74. The smallest absolute Gasteiger partial charge is 0.165 e. The van der Waals surface area contributed by atoms with Crippen LogP contribution in [-0.2, 0) is 6.54 Å². The molecule has 0 atom stereocenters. The van der Waals surface area contributed by atoms with E-state index in [2.05, 4.69) is 19.2 Å². The fourth-order valence-electron chi connectivity index (χ4n) is 1.87. The molecular formula is C17H19ClFNO. The maximum Gasteiger partial charge on any atom is 0.165 e. The van der Waals surface area contributed by atoms with Crippen LogP contribution in [0.15, 0.2) is 36.4 Å². The van der Waals surface area contributed by atoms with Crippen molar-refractivity contribution in [3.63, 3.8) is 0 Å². The van der Waals surface area contributed by atoms with Gasteiger partial charge in [-0.05, 0) is 42.3 Å². The number of halogens is 2. The third-order valence-corrected chi connectivity index (χ3v) is 3.31. The third-order valence-electron chi connectivity index (χ3n) is 3.02. The zero-order valence-electron chi connectivity index (χ0n) is 12.4. The lowest BCUT2D eigenvalue weighted by Gasteiger charge is -2.12. The van der Waals surface area contributed by atoms with Crippen LogP contribution in [0.3, 0.4) is 0 Å². The highest BCUT2D eigenvalue weighted by atomic mass is 35.5. The van der Waals surface area contributed by atoms with Gasteiger partial charge in [-0.15, -0.1) is 0 Å². The van der Waals surface area contributed by atoms with Crippen molar-refractivity contribution in [1.82, 2.24) is 5.32 Å². The van der Waals surface area contributed by atoms with Gasteiger partial charge in [0.1, 0.15) is 5.75 Å². The maximum atomic E-state index is 13.7. The molecule has 2 aromatic carbocycles. The van der Waals surface area contributed by atoms with Gasteiger partial charge in [-0.3, -0.25) is 0 Å². The second kappa shape index (κ2) is 6.92. The quantitative estimate of drug-likeness (QED) is 0.832. The lowest BCUT2D eigenvalue weighted by atomic mass is 10.2. The zero-order valence-corrected chi connectivity index (χ0v) is 13.2. The molecule has 0 spiro atoms. The number of hydrogen-bond acceptors (Lipinski definition) is 2. The average Bonchev–Trinajstić information content (AvgIpc) is 2.43. The maximum absolute atomic E-state index is 13.7. The van der Waals surface area contributed by atoms with Crippen molar-refractivity contribution >= 4 is 11.6 Å². The Morgan fingerprint density at radius 3 is 2.57 bits per heavy atom. The van der Waals surface area contributed by atoms with Crippen LogP contribution in [-0.4, -0.2) is 6.04 Å². The summed E-state index contributed by atoms with van der Waals surface area (Å²) in [5, 5.41) is 3.79. The molecule has 2 nitrogen and oxygen atoms in total. The fourth-order valence-corrected chi connectivity index (χ4v) is 2.11. The third kappa shape index (κ3) is 4.45. The second-order valence-electron chi connectivity index (χ2n) is 5.34. The number of nitrogens with one attached hydrogen (secondary N) is 1. The van der Waals surface area contributed by atoms with Crippen molar-refractivity contribution in [3.05, 3.63) is 58.4 Å². The highest BCUT2D eigenvalue weighted by molar-refractivity contribution is 6.32.